The molecule has 10 heteroatoms. The molecule has 0 radical (unpaired) electrons. The summed E-state index contributed by atoms with van der Waals surface area (Å²) in [5.74, 6) is 2.19. The van der Waals surface area contributed by atoms with Crippen molar-refractivity contribution in [2.45, 2.75) is 13.1 Å². The second-order valence-electron chi connectivity index (χ2n) is 6.17. The van der Waals surface area contributed by atoms with Crippen LogP contribution in [0.15, 0.2) is 36.4 Å². The fourth-order valence-electron chi connectivity index (χ4n) is 2.69. The van der Waals surface area contributed by atoms with Crippen LogP contribution in [0.3, 0.4) is 0 Å². The van der Waals surface area contributed by atoms with Crippen molar-refractivity contribution >= 4 is 67.1 Å². The highest BCUT2D eigenvalue weighted by Gasteiger charge is 2.01. The zero-order valence-electron chi connectivity index (χ0n) is 15.1. The van der Waals surface area contributed by atoms with Crippen LogP contribution in [-0.2, 0) is 13.1 Å². The molecule has 0 aliphatic carbocycles. The Labute approximate surface area is 180 Å². The molecule has 28 heavy (non-hydrogen) atoms. The number of nitrogens with one attached hydrogen (secondary N) is 2. The third-order valence-corrected chi connectivity index (χ3v) is 7.62. The summed E-state index contributed by atoms with van der Waals surface area (Å²) in [7, 11) is 3.84. The molecule has 2 heterocycles. The van der Waals surface area contributed by atoms with Gasteiger partial charge in [0.05, 0.1) is 23.5 Å². The smallest absolute Gasteiger partial charge is 0.105 e. The maximum atomic E-state index is 4.29. The van der Waals surface area contributed by atoms with Crippen molar-refractivity contribution < 1.29 is 0 Å². The average Bonchev–Trinajstić information content (AvgIpc) is 3.37. The van der Waals surface area contributed by atoms with Crippen LogP contribution < -0.4 is 10.6 Å². The molecule has 4 rings (SSSR count). The zero-order valence-corrected chi connectivity index (χ0v) is 18.4. The summed E-state index contributed by atoms with van der Waals surface area (Å²) in [6.07, 6.45) is 0. The second-order valence-corrected chi connectivity index (χ2v) is 9.93. The van der Waals surface area contributed by atoms with Gasteiger partial charge in [0, 0.05) is 37.7 Å². The average molecular weight is 449 g/mol. The van der Waals surface area contributed by atoms with E-state index in [0.717, 1.165) is 59.8 Å². The lowest BCUT2D eigenvalue weighted by molar-refractivity contribution is 0.732. The summed E-state index contributed by atoms with van der Waals surface area (Å²) in [6.45, 7) is 3.75. The van der Waals surface area contributed by atoms with Crippen LogP contribution in [0.25, 0.3) is 22.1 Å². The highest BCUT2D eigenvalue weighted by molar-refractivity contribution is 8.76. The predicted octanol–water partition coefficient (Wildman–Crippen LogP) is 3.96. The maximum Gasteiger partial charge on any atom is 0.105 e. The van der Waals surface area contributed by atoms with Crippen LogP contribution in [0.1, 0.15) is 11.1 Å². The van der Waals surface area contributed by atoms with Crippen LogP contribution in [0.5, 0.6) is 0 Å². The zero-order chi connectivity index (χ0) is 19.0. The Morgan fingerprint density at radius 2 is 1.11 bits per heavy atom. The normalized spacial score (nSPS) is 11.6. The molecule has 4 aromatic rings. The molecule has 0 spiro atoms. The van der Waals surface area contributed by atoms with E-state index in [1.165, 1.54) is 34.6 Å². The molecule has 0 saturated heterocycles. The van der Waals surface area contributed by atoms with Crippen molar-refractivity contribution in [2.24, 2.45) is 0 Å². The SMILES string of the molecule is c1cc2nsnc2cc1CNCCSSCCNCc1ccc2nsnc2c1. The fraction of sp³-hybridized carbons (Fsp3) is 0.333. The molecule has 0 aliphatic heterocycles. The van der Waals surface area contributed by atoms with Crippen LogP contribution in [-0.4, -0.2) is 42.1 Å². The first-order valence-corrected chi connectivity index (χ1v) is 12.9. The van der Waals surface area contributed by atoms with Gasteiger partial charge in [-0.25, -0.2) is 0 Å². The van der Waals surface area contributed by atoms with Gasteiger partial charge in [0.2, 0.25) is 0 Å². The quantitative estimate of drug-likeness (QED) is 0.264. The molecule has 0 saturated carbocycles. The van der Waals surface area contributed by atoms with Crippen molar-refractivity contribution in [3.8, 4) is 0 Å². The fourth-order valence-corrected chi connectivity index (χ4v) is 5.62. The van der Waals surface area contributed by atoms with Crippen molar-refractivity contribution in [3.63, 3.8) is 0 Å². The Balaban J connectivity index is 1.03. The van der Waals surface area contributed by atoms with E-state index in [2.05, 4.69) is 52.4 Å². The maximum absolute atomic E-state index is 4.29. The molecule has 0 amide bonds. The van der Waals surface area contributed by atoms with E-state index in [1.54, 1.807) is 0 Å². The first-order chi connectivity index (χ1) is 13.9. The number of aromatic nitrogens is 4. The van der Waals surface area contributed by atoms with E-state index < -0.39 is 0 Å². The third kappa shape index (κ3) is 5.62. The lowest BCUT2D eigenvalue weighted by Gasteiger charge is -2.06. The molecule has 0 unspecified atom stereocenters. The van der Waals surface area contributed by atoms with E-state index >= 15 is 0 Å². The molecular formula is C18H20N6S4. The van der Waals surface area contributed by atoms with E-state index in [9.17, 15) is 0 Å². The van der Waals surface area contributed by atoms with Gasteiger partial charge in [-0.3, -0.25) is 0 Å². The van der Waals surface area contributed by atoms with Gasteiger partial charge < -0.3 is 10.6 Å². The molecule has 0 atom stereocenters. The molecular weight excluding hydrogens is 429 g/mol. The third-order valence-electron chi connectivity index (χ3n) is 4.10. The summed E-state index contributed by atoms with van der Waals surface area (Å²) in [5, 5.41) is 6.98. The summed E-state index contributed by atoms with van der Waals surface area (Å²) in [4.78, 5) is 0. The molecule has 2 aromatic carbocycles. The van der Waals surface area contributed by atoms with Crippen molar-refractivity contribution in [2.75, 3.05) is 24.6 Å². The molecule has 2 aromatic heterocycles. The highest BCUT2D eigenvalue weighted by Crippen LogP contribution is 2.20. The summed E-state index contributed by atoms with van der Waals surface area (Å²) in [5.41, 5.74) is 6.46. The first-order valence-electron chi connectivity index (χ1n) is 8.97. The van der Waals surface area contributed by atoms with Gasteiger partial charge in [0.25, 0.3) is 0 Å². The van der Waals surface area contributed by atoms with Crippen LogP contribution in [0.4, 0.5) is 0 Å². The first kappa shape index (κ1) is 20.0. The minimum absolute atomic E-state index is 0.874. The Kier molecular flexibility index (Phi) is 7.48. The van der Waals surface area contributed by atoms with Gasteiger partial charge in [0.15, 0.2) is 0 Å². The number of hydrogen-bond donors (Lipinski definition) is 2. The van der Waals surface area contributed by atoms with Crippen molar-refractivity contribution in [1.29, 1.82) is 0 Å². The lowest BCUT2D eigenvalue weighted by Crippen LogP contribution is -2.17. The van der Waals surface area contributed by atoms with Gasteiger partial charge in [-0.2, -0.15) is 17.5 Å². The molecule has 0 bridgehead atoms. The van der Waals surface area contributed by atoms with Gasteiger partial charge in [0.1, 0.15) is 22.1 Å². The number of benzene rings is 2. The Morgan fingerprint density at radius 3 is 1.61 bits per heavy atom. The molecule has 2 N–H and O–H groups in total. The molecule has 0 aliphatic rings. The minimum atomic E-state index is 0.874. The van der Waals surface area contributed by atoms with E-state index in [1.807, 2.05) is 33.7 Å². The summed E-state index contributed by atoms with van der Waals surface area (Å²) >= 11 is 2.53. The second kappa shape index (κ2) is 10.5. The van der Waals surface area contributed by atoms with Crippen molar-refractivity contribution in [3.05, 3.63) is 47.5 Å². The van der Waals surface area contributed by atoms with E-state index in [-0.39, 0.29) is 0 Å². The summed E-state index contributed by atoms with van der Waals surface area (Å²) in [6, 6.07) is 12.5. The molecule has 0 fully saturated rings. The Bertz CT molecular complexity index is 935. The van der Waals surface area contributed by atoms with Crippen LogP contribution in [0.2, 0.25) is 0 Å². The predicted molar refractivity (Wildman–Crippen MR) is 123 cm³/mol. The Morgan fingerprint density at radius 1 is 0.643 bits per heavy atom. The lowest BCUT2D eigenvalue weighted by atomic mass is 10.2. The van der Waals surface area contributed by atoms with E-state index in [4.69, 9.17) is 0 Å². The highest BCUT2D eigenvalue weighted by atomic mass is 33.1. The van der Waals surface area contributed by atoms with Crippen molar-refractivity contribution in [1.82, 2.24) is 28.1 Å². The molecule has 146 valence electrons. The van der Waals surface area contributed by atoms with Gasteiger partial charge in [-0.05, 0) is 35.4 Å². The number of nitrogens with zero attached hydrogens (tertiary/aromatic N) is 4. The Hall–Kier alpha value is -1.30. The van der Waals surface area contributed by atoms with Gasteiger partial charge >= 0.3 is 0 Å². The standard InChI is InChI=1S/C18H20N6S4/c1-3-15-17(23-27-21-15)9-13(1)11-19-5-7-25-26-8-6-20-12-14-2-4-16-18(10-14)24-28-22-16/h1-4,9-10,19-20H,5-8,11-12H2. The number of fused-ring (bicyclic) bond motifs is 2. The van der Waals surface area contributed by atoms with Gasteiger partial charge in [-0.1, -0.05) is 33.7 Å². The minimum Gasteiger partial charge on any atom is -0.312 e. The topological polar surface area (TPSA) is 75.6 Å². The monoisotopic (exact) mass is 448 g/mol. The van der Waals surface area contributed by atoms with Crippen LogP contribution >= 0.6 is 45.0 Å². The summed E-state index contributed by atoms with van der Waals surface area (Å²) < 4.78 is 17.0. The molecule has 6 nitrogen and oxygen atoms in total. The van der Waals surface area contributed by atoms with Gasteiger partial charge in [-0.15, -0.1) is 0 Å². The number of hydrogen-bond acceptors (Lipinski definition) is 10. The number of rotatable bonds is 11. The van der Waals surface area contributed by atoms with E-state index in [0.29, 0.717) is 0 Å². The largest absolute Gasteiger partial charge is 0.312 e. The van der Waals surface area contributed by atoms with Crippen LogP contribution in [0, 0.1) is 0 Å².